The second kappa shape index (κ2) is 6.90. The average Bonchev–Trinajstić information content (AvgIpc) is 2.47. The van der Waals surface area contributed by atoms with Crippen LogP contribution in [0.3, 0.4) is 0 Å². The van der Waals surface area contributed by atoms with Gasteiger partial charge in [0.25, 0.3) is 0 Å². The van der Waals surface area contributed by atoms with Crippen LogP contribution in [0.25, 0.3) is 6.08 Å². The Balaban J connectivity index is 1.97. The Hall–Kier alpha value is -2.33. The van der Waals surface area contributed by atoms with Gasteiger partial charge in [0, 0.05) is 6.08 Å². The van der Waals surface area contributed by atoms with Gasteiger partial charge in [-0.3, -0.25) is 0 Å². The largest absolute Gasteiger partial charge is 0.489 e. The fourth-order valence-corrected chi connectivity index (χ4v) is 1.84. The minimum atomic E-state index is -0.997. The first-order valence-electron chi connectivity index (χ1n) is 6.12. The van der Waals surface area contributed by atoms with Crippen LogP contribution in [0.5, 0.6) is 5.75 Å². The Morgan fingerprint density at radius 1 is 1.24 bits per heavy atom. The van der Waals surface area contributed by atoms with Crippen LogP contribution in [0.4, 0.5) is 4.39 Å². The van der Waals surface area contributed by atoms with E-state index in [0.29, 0.717) is 5.75 Å². The summed E-state index contributed by atoms with van der Waals surface area (Å²) in [4.78, 5) is 10.4. The summed E-state index contributed by atoms with van der Waals surface area (Å²) in [5.74, 6) is -0.832. The fourth-order valence-electron chi connectivity index (χ4n) is 1.64. The number of carboxylic acids is 1. The highest BCUT2D eigenvalue weighted by molar-refractivity contribution is 6.30. The summed E-state index contributed by atoms with van der Waals surface area (Å²) in [6, 6.07) is 11.4. The first-order valence-corrected chi connectivity index (χ1v) is 6.50. The van der Waals surface area contributed by atoms with Crippen molar-refractivity contribution in [3.05, 3.63) is 70.5 Å². The predicted octanol–water partition coefficient (Wildman–Crippen LogP) is 4.16. The molecular formula is C16H12ClFO3. The molecule has 0 fully saturated rings. The molecule has 0 radical (unpaired) electrons. The van der Waals surface area contributed by atoms with E-state index in [4.69, 9.17) is 21.4 Å². The second-order valence-corrected chi connectivity index (χ2v) is 4.68. The molecule has 3 nitrogen and oxygen atoms in total. The van der Waals surface area contributed by atoms with Gasteiger partial charge in [-0.1, -0.05) is 29.8 Å². The average molecular weight is 307 g/mol. The summed E-state index contributed by atoms with van der Waals surface area (Å²) in [6.07, 6.45) is 2.56. The third-order valence-corrected chi connectivity index (χ3v) is 2.98. The van der Waals surface area contributed by atoms with Crippen molar-refractivity contribution in [2.24, 2.45) is 0 Å². The standard InChI is InChI=1S/C16H12ClFO3/c17-14-9-12(3-7-15(14)18)10-21-13-5-1-11(2-6-13)4-8-16(19)20/h1-9H,10H2,(H,19,20)/b8-4+. The predicted molar refractivity (Wildman–Crippen MR) is 78.9 cm³/mol. The van der Waals surface area contributed by atoms with E-state index in [2.05, 4.69) is 0 Å². The molecule has 0 saturated heterocycles. The van der Waals surface area contributed by atoms with Gasteiger partial charge in [-0.2, -0.15) is 0 Å². The second-order valence-electron chi connectivity index (χ2n) is 4.28. The van der Waals surface area contributed by atoms with Gasteiger partial charge in [0.1, 0.15) is 18.2 Å². The first-order chi connectivity index (χ1) is 10.0. The van der Waals surface area contributed by atoms with Crippen LogP contribution >= 0.6 is 11.6 Å². The maximum Gasteiger partial charge on any atom is 0.328 e. The lowest BCUT2D eigenvalue weighted by Gasteiger charge is -2.07. The molecule has 0 unspecified atom stereocenters. The molecule has 0 aliphatic rings. The Morgan fingerprint density at radius 3 is 2.57 bits per heavy atom. The molecule has 0 aliphatic carbocycles. The van der Waals surface area contributed by atoms with E-state index in [9.17, 15) is 9.18 Å². The zero-order valence-electron chi connectivity index (χ0n) is 10.9. The van der Waals surface area contributed by atoms with Crippen molar-refractivity contribution in [2.75, 3.05) is 0 Å². The van der Waals surface area contributed by atoms with Gasteiger partial charge in [-0.25, -0.2) is 9.18 Å². The van der Waals surface area contributed by atoms with Gasteiger partial charge in [-0.15, -0.1) is 0 Å². The maximum atomic E-state index is 13.0. The van der Waals surface area contributed by atoms with E-state index in [1.54, 1.807) is 30.3 Å². The molecule has 0 spiro atoms. The summed E-state index contributed by atoms with van der Waals surface area (Å²) in [5, 5.41) is 8.59. The monoisotopic (exact) mass is 306 g/mol. The Kier molecular flexibility index (Phi) is 4.95. The van der Waals surface area contributed by atoms with Gasteiger partial charge in [-0.05, 0) is 41.5 Å². The molecular weight excluding hydrogens is 295 g/mol. The van der Waals surface area contributed by atoms with Gasteiger partial charge in [0.05, 0.1) is 5.02 Å². The van der Waals surface area contributed by atoms with Crippen LogP contribution in [0.15, 0.2) is 48.5 Å². The molecule has 1 N–H and O–H groups in total. The summed E-state index contributed by atoms with van der Waals surface area (Å²) in [7, 11) is 0. The fraction of sp³-hybridized carbons (Fsp3) is 0.0625. The van der Waals surface area contributed by atoms with E-state index >= 15 is 0 Å². The normalized spacial score (nSPS) is 10.8. The molecule has 0 aromatic heterocycles. The number of benzene rings is 2. The molecule has 0 amide bonds. The third-order valence-electron chi connectivity index (χ3n) is 2.69. The van der Waals surface area contributed by atoms with Crippen LogP contribution in [-0.4, -0.2) is 11.1 Å². The van der Waals surface area contributed by atoms with Crippen molar-refractivity contribution in [3.8, 4) is 5.75 Å². The van der Waals surface area contributed by atoms with Crippen LogP contribution in [-0.2, 0) is 11.4 Å². The molecule has 0 heterocycles. The molecule has 2 rings (SSSR count). The van der Waals surface area contributed by atoms with E-state index in [1.165, 1.54) is 18.2 Å². The topological polar surface area (TPSA) is 46.5 Å². The lowest BCUT2D eigenvalue weighted by Crippen LogP contribution is -1.96. The number of carbonyl (C=O) groups is 1. The minimum absolute atomic E-state index is 0.0604. The van der Waals surface area contributed by atoms with Crippen LogP contribution in [0.1, 0.15) is 11.1 Å². The molecule has 0 bridgehead atoms. The molecule has 0 atom stereocenters. The van der Waals surface area contributed by atoms with Crippen LogP contribution < -0.4 is 4.74 Å². The Morgan fingerprint density at radius 2 is 1.95 bits per heavy atom. The van der Waals surface area contributed by atoms with Gasteiger partial charge >= 0.3 is 5.97 Å². The molecule has 108 valence electrons. The number of hydrogen-bond acceptors (Lipinski definition) is 2. The molecule has 0 aliphatic heterocycles. The Labute approximate surface area is 126 Å². The summed E-state index contributed by atoms with van der Waals surface area (Å²) < 4.78 is 18.6. The number of halogens is 2. The molecule has 5 heteroatoms. The highest BCUT2D eigenvalue weighted by atomic mass is 35.5. The minimum Gasteiger partial charge on any atom is -0.489 e. The number of rotatable bonds is 5. The number of hydrogen-bond donors (Lipinski definition) is 1. The van der Waals surface area contributed by atoms with Crippen LogP contribution in [0.2, 0.25) is 5.02 Å². The third kappa shape index (κ3) is 4.61. The SMILES string of the molecule is O=C(O)/C=C/c1ccc(OCc2ccc(F)c(Cl)c2)cc1. The van der Waals surface area contributed by atoms with Gasteiger partial charge in [0.2, 0.25) is 0 Å². The van der Waals surface area contributed by atoms with E-state index < -0.39 is 11.8 Å². The lowest BCUT2D eigenvalue weighted by molar-refractivity contribution is -0.131. The van der Waals surface area contributed by atoms with E-state index in [1.807, 2.05) is 0 Å². The first kappa shape index (κ1) is 15.1. The van der Waals surface area contributed by atoms with E-state index in [-0.39, 0.29) is 11.6 Å². The van der Waals surface area contributed by atoms with Crippen molar-refractivity contribution >= 4 is 23.6 Å². The van der Waals surface area contributed by atoms with Gasteiger partial charge < -0.3 is 9.84 Å². The van der Waals surface area contributed by atoms with E-state index in [0.717, 1.165) is 17.2 Å². The number of carboxylic acid groups (broad SMARTS) is 1. The lowest BCUT2D eigenvalue weighted by atomic mass is 10.2. The smallest absolute Gasteiger partial charge is 0.328 e. The van der Waals surface area contributed by atoms with Crippen molar-refractivity contribution in [2.45, 2.75) is 6.61 Å². The molecule has 2 aromatic carbocycles. The van der Waals surface area contributed by atoms with Crippen molar-refractivity contribution in [1.29, 1.82) is 0 Å². The number of ether oxygens (including phenoxy) is 1. The highest BCUT2D eigenvalue weighted by Crippen LogP contribution is 2.19. The van der Waals surface area contributed by atoms with Gasteiger partial charge in [0.15, 0.2) is 0 Å². The molecule has 21 heavy (non-hydrogen) atoms. The van der Waals surface area contributed by atoms with Crippen LogP contribution in [0, 0.1) is 5.82 Å². The zero-order chi connectivity index (χ0) is 15.2. The summed E-state index contributed by atoms with van der Waals surface area (Å²) in [6.45, 7) is 0.268. The molecule has 2 aromatic rings. The van der Waals surface area contributed by atoms with Crippen molar-refractivity contribution in [3.63, 3.8) is 0 Å². The quantitative estimate of drug-likeness (QED) is 0.844. The zero-order valence-corrected chi connectivity index (χ0v) is 11.7. The summed E-state index contributed by atoms with van der Waals surface area (Å²) in [5.41, 5.74) is 1.52. The Bertz CT molecular complexity index is 666. The van der Waals surface area contributed by atoms with Crippen molar-refractivity contribution < 1.29 is 19.0 Å². The highest BCUT2D eigenvalue weighted by Gasteiger charge is 2.02. The summed E-state index contributed by atoms with van der Waals surface area (Å²) >= 11 is 5.69. The molecule has 0 saturated carbocycles. The number of aliphatic carboxylic acids is 1. The maximum absolute atomic E-state index is 13.0. The van der Waals surface area contributed by atoms with Crippen molar-refractivity contribution in [1.82, 2.24) is 0 Å².